The standard InChI is InChI=1S/C18H15N5/c1-11-4-5-13(10-22-11)16-17(12-6-8-20-15(19)9-12)23-14-3-2-7-21-18(14)16/h2-10,23H,1H3,(H2,19,20). The van der Waals surface area contributed by atoms with Gasteiger partial charge in [-0.05, 0) is 37.3 Å². The van der Waals surface area contributed by atoms with Crippen molar-refractivity contribution in [1.82, 2.24) is 19.9 Å². The number of nitrogen functional groups attached to an aromatic ring is 1. The van der Waals surface area contributed by atoms with Gasteiger partial charge < -0.3 is 10.7 Å². The molecule has 4 heterocycles. The van der Waals surface area contributed by atoms with Crippen molar-refractivity contribution in [3.8, 4) is 22.4 Å². The maximum Gasteiger partial charge on any atom is 0.123 e. The summed E-state index contributed by atoms with van der Waals surface area (Å²) in [6.45, 7) is 1.97. The second-order valence-electron chi connectivity index (χ2n) is 5.43. The van der Waals surface area contributed by atoms with Gasteiger partial charge in [-0.15, -0.1) is 0 Å². The summed E-state index contributed by atoms with van der Waals surface area (Å²) in [4.78, 5) is 16.5. The Balaban J connectivity index is 2.04. The fraction of sp³-hybridized carbons (Fsp3) is 0.0556. The van der Waals surface area contributed by atoms with E-state index in [4.69, 9.17) is 5.73 Å². The van der Waals surface area contributed by atoms with Crippen molar-refractivity contribution in [2.45, 2.75) is 6.92 Å². The number of hydrogen-bond donors (Lipinski definition) is 2. The Labute approximate surface area is 133 Å². The first kappa shape index (κ1) is 13.5. The van der Waals surface area contributed by atoms with Gasteiger partial charge in [-0.3, -0.25) is 9.97 Å². The van der Waals surface area contributed by atoms with E-state index < -0.39 is 0 Å². The van der Waals surface area contributed by atoms with Crippen LogP contribution in [0.1, 0.15) is 5.69 Å². The molecule has 5 heteroatoms. The molecule has 0 saturated carbocycles. The molecular formula is C18H15N5. The van der Waals surface area contributed by atoms with Gasteiger partial charge in [0.1, 0.15) is 5.82 Å². The van der Waals surface area contributed by atoms with E-state index in [0.717, 1.165) is 39.1 Å². The van der Waals surface area contributed by atoms with Crippen LogP contribution in [0, 0.1) is 6.92 Å². The van der Waals surface area contributed by atoms with E-state index in [2.05, 4.69) is 26.0 Å². The first-order valence-corrected chi connectivity index (χ1v) is 7.34. The van der Waals surface area contributed by atoms with Crippen molar-refractivity contribution in [1.29, 1.82) is 0 Å². The Morgan fingerprint density at radius 1 is 0.957 bits per heavy atom. The van der Waals surface area contributed by atoms with Crippen molar-refractivity contribution in [2.75, 3.05) is 5.73 Å². The van der Waals surface area contributed by atoms with E-state index in [1.807, 2.05) is 43.5 Å². The smallest absolute Gasteiger partial charge is 0.123 e. The summed E-state index contributed by atoms with van der Waals surface area (Å²) in [5.41, 5.74) is 12.7. The van der Waals surface area contributed by atoms with E-state index in [9.17, 15) is 0 Å². The third-order valence-electron chi connectivity index (χ3n) is 3.82. The average Bonchev–Trinajstić information content (AvgIpc) is 2.95. The number of nitrogens with one attached hydrogen (secondary N) is 1. The summed E-state index contributed by atoms with van der Waals surface area (Å²) in [7, 11) is 0. The maximum absolute atomic E-state index is 5.85. The molecular weight excluding hydrogens is 286 g/mol. The second-order valence-corrected chi connectivity index (χ2v) is 5.43. The molecule has 0 aliphatic rings. The maximum atomic E-state index is 5.85. The van der Waals surface area contributed by atoms with Crippen LogP contribution < -0.4 is 5.73 Å². The lowest BCUT2D eigenvalue weighted by Gasteiger charge is -2.06. The van der Waals surface area contributed by atoms with E-state index in [1.54, 1.807) is 12.4 Å². The van der Waals surface area contributed by atoms with E-state index >= 15 is 0 Å². The number of aromatic nitrogens is 4. The molecule has 0 unspecified atom stereocenters. The number of anilines is 1. The van der Waals surface area contributed by atoms with Gasteiger partial charge in [-0.2, -0.15) is 0 Å². The van der Waals surface area contributed by atoms with Gasteiger partial charge in [0.2, 0.25) is 0 Å². The summed E-state index contributed by atoms with van der Waals surface area (Å²) in [5.74, 6) is 0.488. The molecule has 3 N–H and O–H groups in total. The summed E-state index contributed by atoms with van der Waals surface area (Å²) < 4.78 is 0. The molecule has 4 rings (SSSR count). The third kappa shape index (κ3) is 2.32. The van der Waals surface area contributed by atoms with Crippen LogP contribution in [0.25, 0.3) is 33.4 Å². The molecule has 0 saturated heterocycles. The van der Waals surface area contributed by atoms with Gasteiger partial charge >= 0.3 is 0 Å². The predicted molar refractivity (Wildman–Crippen MR) is 91.7 cm³/mol. The summed E-state index contributed by atoms with van der Waals surface area (Å²) >= 11 is 0. The van der Waals surface area contributed by atoms with Crippen LogP contribution >= 0.6 is 0 Å². The number of nitrogens with two attached hydrogens (primary N) is 1. The Kier molecular flexibility index (Phi) is 3.05. The lowest BCUT2D eigenvalue weighted by Crippen LogP contribution is -1.91. The number of rotatable bonds is 2. The monoisotopic (exact) mass is 301 g/mol. The molecule has 0 radical (unpaired) electrons. The summed E-state index contributed by atoms with van der Waals surface area (Å²) in [6, 6.07) is 11.8. The van der Waals surface area contributed by atoms with Gasteiger partial charge in [0.25, 0.3) is 0 Å². The number of H-pyrrole nitrogens is 1. The first-order chi connectivity index (χ1) is 11.2. The zero-order valence-electron chi connectivity index (χ0n) is 12.6. The minimum Gasteiger partial charge on any atom is -0.384 e. The van der Waals surface area contributed by atoms with Gasteiger partial charge in [0, 0.05) is 41.0 Å². The van der Waals surface area contributed by atoms with Crippen LogP contribution in [0.15, 0.2) is 55.0 Å². The van der Waals surface area contributed by atoms with Gasteiger partial charge in [0.15, 0.2) is 0 Å². The SMILES string of the molecule is Cc1ccc(-c2c(-c3ccnc(N)c3)[nH]c3cccnc23)cn1. The molecule has 5 nitrogen and oxygen atoms in total. The van der Waals surface area contributed by atoms with Crippen molar-refractivity contribution < 1.29 is 0 Å². The zero-order chi connectivity index (χ0) is 15.8. The van der Waals surface area contributed by atoms with Gasteiger partial charge in [-0.25, -0.2) is 4.98 Å². The zero-order valence-corrected chi connectivity index (χ0v) is 12.6. The van der Waals surface area contributed by atoms with Crippen molar-refractivity contribution in [3.63, 3.8) is 0 Å². The lowest BCUT2D eigenvalue weighted by atomic mass is 10.0. The van der Waals surface area contributed by atoms with Crippen LogP contribution in [0.2, 0.25) is 0 Å². The van der Waals surface area contributed by atoms with Crippen molar-refractivity contribution in [3.05, 3.63) is 60.7 Å². The molecule has 0 fully saturated rings. The van der Waals surface area contributed by atoms with Gasteiger partial charge in [-0.1, -0.05) is 6.07 Å². The molecule has 0 amide bonds. The molecule has 0 aliphatic carbocycles. The highest BCUT2D eigenvalue weighted by molar-refractivity contribution is 6.01. The average molecular weight is 301 g/mol. The fourth-order valence-electron chi connectivity index (χ4n) is 2.74. The van der Waals surface area contributed by atoms with E-state index in [1.165, 1.54) is 0 Å². The highest BCUT2D eigenvalue weighted by Gasteiger charge is 2.16. The van der Waals surface area contributed by atoms with Crippen molar-refractivity contribution >= 4 is 16.9 Å². The number of aromatic amines is 1. The number of pyridine rings is 3. The number of hydrogen-bond acceptors (Lipinski definition) is 4. The van der Waals surface area contributed by atoms with Crippen LogP contribution in [0.5, 0.6) is 0 Å². The quantitative estimate of drug-likeness (QED) is 0.593. The largest absolute Gasteiger partial charge is 0.384 e. The Morgan fingerprint density at radius 2 is 1.87 bits per heavy atom. The van der Waals surface area contributed by atoms with E-state index in [-0.39, 0.29) is 0 Å². The molecule has 0 aromatic carbocycles. The fourth-order valence-corrected chi connectivity index (χ4v) is 2.74. The summed E-state index contributed by atoms with van der Waals surface area (Å²) in [5, 5.41) is 0. The summed E-state index contributed by atoms with van der Waals surface area (Å²) in [6.07, 6.45) is 5.38. The third-order valence-corrected chi connectivity index (χ3v) is 3.82. The van der Waals surface area contributed by atoms with Crippen LogP contribution in [0.4, 0.5) is 5.82 Å². The number of aryl methyl sites for hydroxylation is 1. The second kappa shape index (κ2) is 5.21. The minimum atomic E-state index is 0.488. The van der Waals surface area contributed by atoms with Crippen molar-refractivity contribution in [2.24, 2.45) is 0 Å². The van der Waals surface area contributed by atoms with Crippen LogP contribution in [0.3, 0.4) is 0 Å². The molecule has 4 aromatic rings. The topological polar surface area (TPSA) is 80.5 Å². The lowest BCUT2D eigenvalue weighted by molar-refractivity contribution is 1.20. The molecule has 23 heavy (non-hydrogen) atoms. The first-order valence-electron chi connectivity index (χ1n) is 7.34. The Morgan fingerprint density at radius 3 is 2.65 bits per heavy atom. The minimum absolute atomic E-state index is 0.488. The molecule has 112 valence electrons. The Bertz CT molecular complexity index is 986. The molecule has 0 bridgehead atoms. The van der Waals surface area contributed by atoms with Crippen LogP contribution in [-0.2, 0) is 0 Å². The van der Waals surface area contributed by atoms with Crippen LogP contribution in [-0.4, -0.2) is 19.9 Å². The molecule has 4 aromatic heterocycles. The highest BCUT2D eigenvalue weighted by atomic mass is 14.8. The van der Waals surface area contributed by atoms with Gasteiger partial charge in [0.05, 0.1) is 16.7 Å². The molecule has 0 aliphatic heterocycles. The predicted octanol–water partition coefficient (Wildman–Crippen LogP) is 3.58. The molecule has 0 atom stereocenters. The van der Waals surface area contributed by atoms with E-state index in [0.29, 0.717) is 5.82 Å². The highest BCUT2D eigenvalue weighted by Crippen LogP contribution is 2.37. The normalized spacial score (nSPS) is 11.0. The number of nitrogens with zero attached hydrogens (tertiary/aromatic N) is 3. The number of fused-ring (bicyclic) bond motifs is 1. The Hall–Kier alpha value is -3.21. The molecule has 0 spiro atoms.